The molecule has 4 rings (SSSR count). The highest BCUT2D eigenvalue weighted by Gasteiger charge is 2.18. The molecule has 1 fully saturated rings. The lowest BCUT2D eigenvalue weighted by molar-refractivity contribution is -0.132. The van der Waals surface area contributed by atoms with Crippen molar-refractivity contribution < 1.29 is 9.53 Å². The molecule has 25 heavy (non-hydrogen) atoms. The van der Waals surface area contributed by atoms with Crippen molar-refractivity contribution in [1.82, 2.24) is 24.6 Å². The molecule has 0 bridgehead atoms. The highest BCUT2D eigenvalue weighted by molar-refractivity contribution is 7.99. The molecule has 2 aromatic heterocycles. The zero-order chi connectivity index (χ0) is 17.2. The van der Waals surface area contributed by atoms with E-state index in [4.69, 9.17) is 4.74 Å². The van der Waals surface area contributed by atoms with E-state index in [1.807, 2.05) is 23.1 Å². The van der Waals surface area contributed by atoms with Crippen LogP contribution < -0.4 is 0 Å². The minimum Gasteiger partial charge on any atom is -0.378 e. The molecule has 1 aliphatic heterocycles. The van der Waals surface area contributed by atoms with E-state index in [9.17, 15) is 4.79 Å². The lowest BCUT2D eigenvalue weighted by Gasteiger charge is -2.26. The van der Waals surface area contributed by atoms with E-state index in [1.54, 1.807) is 0 Å². The van der Waals surface area contributed by atoms with Gasteiger partial charge < -0.3 is 14.2 Å². The molecule has 3 aromatic rings. The van der Waals surface area contributed by atoms with Crippen molar-refractivity contribution in [3.05, 3.63) is 24.3 Å². The molecule has 3 heterocycles. The Morgan fingerprint density at radius 2 is 2.04 bits per heavy atom. The number of aromatic nitrogens is 4. The third kappa shape index (κ3) is 3.07. The molecule has 7 nitrogen and oxygen atoms in total. The van der Waals surface area contributed by atoms with E-state index in [0.29, 0.717) is 37.2 Å². The van der Waals surface area contributed by atoms with Gasteiger partial charge in [-0.25, -0.2) is 4.98 Å². The normalized spacial score (nSPS) is 15.2. The Hall–Kier alpha value is -2.19. The van der Waals surface area contributed by atoms with Gasteiger partial charge in [-0.05, 0) is 13.0 Å². The second-order valence-corrected chi connectivity index (χ2v) is 6.75. The van der Waals surface area contributed by atoms with E-state index in [2.05, 4.69) is 32.7 Å². The van der Waals surface area contributed by atoms with Gasteiger partial charge in [0.2, 0.25) is 11.1 Å². The van der Waals surface area contributed by atoms with Gasteiger partial charge in [0.15, 0.2) is 5.65 Å². The largest absolute Gasteiger partial charge is 0.378 e. The molecule has 1 saturated heterocycles. The number of para-hydroxylation sites is 1. The average Bonchev–Trinajstić information content (AvgIpc) is 2.99. The smallest absolute Gasteiger partial charge is 0.233 e. The number of nitrogens with zero attached hydrogens (tertiary/aromatic N) is 5. The first kappa shape index (κ1) is 16.3. The van der Waals surface area contributed by atoms with Crippen molar-refractivity contribution in [2.75, 3.05) is 32.1 Å². The maximum absolute atomic E-state index is 12.3. The predicted molar refractivity (Wildman–Crippen MR) is 96.6 cm³/mol. The number of morpholine rings is 1. The van der Waals surface area contributed by atoms with Crippen LogP contribution in [0.25, 0.3) is 22.1 Å². The fourth-order valence-corrected chi connectivity index (χ4v) is 3.79. The summed E-state index contributed by atoms with van der Waals surface area (Å²) in [6.07, 6.45) is 0. The minimum absolute atomic E-state index is 0.0908. The Kier molecular flexibility index (Phi) is 4.54. The number of hydrogen-bond donors (Lipinski definition) is 0. The molecule has 0 radical (unpaired) electrons. The first-order valence-corrected chi connectivity index (χ1v) is 9.36. The molecular weight excluding hydrogens is 338 g/mol. The van der Waals surface area contributed by atoms with Gasteiger partial charge in [0.25, 0.3) is 0 Å². The SMILES string of the molecule is CCn1c2ccccc2c2nnc(SCC(=O)N3CCOCC3)nc21. The molecule has 8 heteroatoms. The maximum atomic E-state index is 12.3. The number of fused-ring (bicyclic) bond motifs is 3. The molecule has 0 spiro atoms. The van der Waals surface area contributed by atoms with Gasteiger partial charge in [-0.2, -0.15) is 0 Å². The number of carbonyl (C=O) groups is 1. The van der Waals surface area contributed by atoms with Gasteiger partial charge in [-0.15, -0.1) is 10.2 Å². The van der Waals surface area contributed by atoms with Crippen molar-refractivity contribution in [3.63, 3.8) is 0 Å². The van der Waals surface area contributed by atoms with Crippen LogP contribution in [0.4, 0.5) is 0 Å². The fraction of sp³-hybridized carbons (Fsp3) is 0.412. The number of hydrogen-bond acceptors (Lipinski definition) is 6. The highest BCUT2D eigenvalue weighted by atomic mass is 32.2. The molecule has 1 aliphatic rings. The number of ether oxygens (including phenoxy) is 1. The number of benzene rings is 1. The molecule has 0 saturated carbocycles. The van der Waals surface area contributed by atoms with Gasteiger partial charge >= 0.3 is 0 Å². The van der Waals surface area contributed by atoms with Crippen LogP contribution in [-0.4, -0.2) is 62.6 Å². The maximum Gasteiger partial charge on any atom is 0.233 e. The van der Waals surface area contributed by atoms with E-state index in [0.717, 1.165) is 28.6 Å². The number of rotatable bonds is 4. The van der Waals surface area contributed by atoms with E-state index >= 15 is 0 Å². The van der Waals surface area contributed by atoms with Crippen molar-refractivity contribution in [3.8, 4) is 0 Å². The Labute approximate surface area is 149 Å². The highest BCUT2D eigenvalue weighted by Crippen LogP contribution is 2.27. The summed E-state index contributed by atoms with van der Waals surface area (Å²) >= 11 is 1.34. The van der Waals surface area contributed by atoms with Crippen molar-refractivity contribution >= 4 is 39.7 Å². The number of amides is 1. The molecule has 0 aliphatic carbocycles. The van der Waals surface area contributed by atoms with E-state index < -0.39 is 0 Å². The topological polar surface area (TPSA) is 73.1 Å². The van der Waals surface area contributed by atoms with Crippen LogP contribution in [0.15, 0.2) is 29.4 Å². The second kappa shape index (κ2) is 6.97. The molecule has 0 N–H and O–H groups in total. The van der Waals surface area contributed by atoms with Crippen LogP contribution in [0.1, 0.15) is 6.92 Å². The van der Waals surface area contributed by atoms with Crippen LogP contribution in [0.2, 0.25) is 0 Å². The van der Waals surface area contributed by atoms with Gasteiger partial charge in [0.1, 0.15) is 5.52 Å². The number of aryl methyl sites for hydroxylation is 1. The summed E-state index contributed by atoms with van der Waals surface area (Å²) in [6, 6.07) is 8.11. The van der Waals surface area contributed by atoms with Gasteiger partial charge in [0, 0.05) is 25.0 Å². The minimum atomic E-state index is 0.0908. The van der Waals surface area contributed by atoms with Crippen LogP contribution in [-0.2, 0) is 16.1 Å². The lowest BCUT2D eigenvalue weighted by atomic mass is 10.2. The van der Waals surface area contributed by atoms with Crippen LogP contribution in [0, 0.1) is 0 Å². The van der Waals surface area contributed by atoms with Crippen molar-refractivity contribution in [2.24, 2.45) is 0 Å². The second-order valence-electron chi connectivity index (χ2n) is 5.81. The van der Waals surface area contributed by atoms with Crippen molar-refractivity contribution in [2.45, 2.75) is 18.6 Å². The first-order valence-electron chi connectivity index (χ1n) is 8.38. The third-order valence-electron chi connectivity index (χ3n) is 4.36. The molecular formula is C17H19N5O2S. The van der Waals surface area contributed by atoms with Gasteiger partial charge in [-0.3, -0.25) is 4.79 Å². The Bertz CT molecular complexity index is 920. The third-order valence-corrected chi connectivity index (χ3v) is 5.18. The summed E-state index contributed by atoms with van der Waals surface area (Å²) in [5, 5.41) is 10.2. The monoisotopic (exact) mass is 357 g/mol. The summed E-state index contributed by atoms with van der Waals surface area (Å²) < 4.78 is 7.41. The van der Waals surface area contributed by atoms with E-state index in [1.165, 1.54) is 11.8 Å². The quantitative estimate of drug-likeness (QED) is 0.665. The number of carbonyl (C=O) groups excluding carboxylic acids is 1. The molecule has 1 aromatic carbocycles. The van der Waals surface area contributed by atoms with Crippen LogP contribution >= 0.6 is 11.8 Å². The Morgan fingerprint density at radius 1 is 1.24 bits per heavy atom. The Morgan fingerprint density at radius 3 is 2.84 bits per heavy atom. The summed E-state index contributed by atoms with van der Waals surface area (Å²) in [5.41, 5.74) is 2.73. The van der Waals surface area contributed by atoms with Crippen molar-refractivity contribution in [1.29, 1.82) is 0 Å². The summed E-state index contributed by atoms with van der Waals surface area (Å²) in [4.78, 5) is 18.7. The molecule has 1 amide bonds. The zero-order valence-electron chi connectivity index (χ0n) is 14.0. The van der Waals surface area contributed by atoms with Gasteiger partial charge in [0.05, 0.1) is 24.5 Å². The standard InChI is InChI=1S/C17H19N5O2S/c1-2-22-13-6-4-3-5-12(13)15-16(22)18-17(20-19-15)25-11-14(23)21-7-9-24-10-8-21/h3-6H,2,7-11H2,1H3. The molecule has 0 unspecified atom stereocenters. The van der Waals surface area contributed by atoms with Crippen LogP contribution in [0.5, 0.6) is 0 Å². The summed E-state index contributed by atoms with van der Waals surface area (Å²) in [6.45, 7) is 5.42. The fourth-order valence-electron chi connectivity index (χ4n) is 3.10. The van der Waals surface area contributed by atoms with Crippen LogP contribution in [0.3, 0.4) is 0 Å². The molecule has 0 atom stereocenters. The number of thioether (sulfide) groups is 1. The first-order chi connectivity index (χ1) is 12.3. The summed E-state index contributed by atoms with van der Waals surface area (Å²) in [7, 11) is 0. The predicted octanol–water partition coefficient (Wildman–Crippen LogP) is 1.95. The molecule has 130 valence electrons. The van der Waals surface area contributed by atoms with Gasteiger partial charge in [-0.1, -0.05) is 30.0 Å². The van der Waals surface area contributed by atoms with E-state index in [-0.39, 0.29) is 5.91 Å². The Balaban J connectivity index is 1.58. The lowest BCUT2D eigenvalue weighted by Crippen LogP contribution is -2.41. The summed E-state index contributed by atoms with van der Waals surface area (Å²) in [5.74, 6) is 0.410. The zero-order valence-corrected chi connectivity index (χ0v) is 14.8. The average molecular weight is 357 g/mol.